The number of aliphatic hydroxyl groups is 6. The third-order valence-corrected chi connectivity index (χ3v) is 30.7. The number of hydrogen-bond acceptors (Lipinski definition) is 9. The minimum atomic E-state index is -1.25. The number of carboxylic acids is 3. The van der Waals surface area contributed by atoms with Crippen molar-refractivity contribution in [1.29, 1.82) is 0 Å². The largest absolute Gasteiger partial charge is 0.481 e. The van der Waals surface area contributed by atoms with Crippen molar-refractivity contribution in [1.82, 2.24) is 0 Å². The molecule has 0 saturated heterocycles. The van der Waals surface area contributed by atoms with Crippen LogP contribution in [0, 0.1) is 139 Å². The highest BCUT2D eigenvalue weighted by atomic mass is 19.1. The van der Waals surface area contributed by atoms with Gasteiger partial charge in [-0.3, -0.25) is 14.4 Å². The topological polar surface area (TPSA) is 233 Å². The Bertz CT molecular complexity index is 2250. The number of hydrogen-bond donors (Lipinski definition) is 9. The SMILES string of the molecule is C[C@H](CCC(=O)O)[C@H]1CCC2C3C(CC[C@@]21C)[C@@]1(C)CCCC[C@H]1C[C@H]3O.C[C@H](CCC(=O)O)[C@H]1CCC2C3C(CC[C@@]21C)[C@@]1(C)CC[C@@H](O)C[C@H]1[C@@H](O)[C@H]3O.C[C@H](CCC(=O)O)[C@H]1CCC2C3C(CC[C@@]21C)[C@@]1(C)CC[C@@H](O)C[C@H]1[C@H](F)[C@H]3O. The van der Waals surface area contributed by atoms with Crippen molar-refractivity contribution in [2.75, 3.05) is 0 Å². The standard InChI is InChI=1S/C24H39FO4.C24H40O5.C24H40O3/c1-13(4-7-19(27)28)15-5-6-16-20-17(9-11-23(15,16)2)24(3)10-8-14(26)12-18(24)21(25)22(20)29;1-13(4-7-19(26)27)15-5-6-16-20-17(9-11-23(15,16)2)24(3)10-8-14(25)12-18(24)21(28)22(20)29;1-15(7-10-21(26)27)17-8-9-18-22-19(11-13-24(17,18)3)23(2)12-5-4-6-16(23)14-20(22)25/h13-18,20-22,26,29H,4-12H2,1-3H3,(H,27,28);13-18,20-22,25,28-29H,4-12H2,1-3H3,(H,26,27);15-20,22,25H,4-14H2,1-3H3,(H,26,27)/t13-,14-,15-,16?,17?,18+,20?,21+,22+,23-,24-;13-,14-,15-,16?,17?,18+,20?,21-,22+,23-,24-;15-,16+,17-,18?,19?,20-,22?,23+,24-/m111/s1. The van der Waals surface area contributed by atoms with E-state index in [1.807, 2.05) is 0 Å². The van der Waals surface area contributed by atoms with E-state index < -0.39 is 48.5 Å². The monoisotopic (exact) mass is 1190 g/mol. The molecule has 486 valence electrons. The molecule has 12 aliphatic rings. The maximum Gasteiger partial charge on any atom is 0.303 e. The van der Waals surface area contributed by atoms with Gasteiger partial charge in [-0.2, -0.15) is 0 Å². The number of halogens is 1. The minimum absolute atomic E-state index is 0.00285. The zero-order valence-electron chi connectivity index (χ0n) is 54.1. The van der Waals surface area contributed by atoms with Gasteiger partial charge in [0.1, 0.15) is 6.17 Å². The van der Waals surface area contributed by atoms with Crippen LogP contribution in [0.4, 0.5) is 4.39 Å². The third kappa shape index (κ3) is 11.5. The lowest BCUT2D eigenvalue weighted by Gasteiger charge is -2.63. The molecule has 0 aliphatic heterocycles. The molecule has 31 atom stereocenters. The highest BCUT2D eigenvalue weighted by Gasteiger charge is 2.68. The van der Waals surface area contributed by atoms with Crippen LogP contribution in [0.5, 0.6) is 0 Å². The molecular formula is C72H119FO12. The first-order valence-corrected chi connectivity index (χ1v) is 35.3. The Hall–Kier alpha value is -1.90. The maximum absolute atomic E-state index is 15.5. The van der Waals surface area contributed by atoms with Crippen molar-refractivity contribution >= 4 is 17.9 Å². The number of fused-ring (bicyclic) bond motifs is 15. The Labute approximate surface area is 510 Å². The average Bonchev–Trinajstić information content (AvgIpc) is 1.74. The first-order chi connectivity index (χ1) is 40.0. The summed E-state index contributed by atoms with van der Waals surface area (Å²) >= 11 is 0. The van der Waals surface area contributed by atoms with Gasteiger partial charge in [-0.15, -0.1) is 0 Å². The van der Waals surface area contributed by atoms with E-state index in [1.165, 1.54) is 51.4 Å². The Kier molecular flexibility index (Phi) is 19.4. The molecule has 0 amide bonds. The number of carbonyl (C=O) groups is 3. The van der Waals surface area contributed by atoms with Crippen LogP contribution >= 0.6 is 0 Å². The Balaban J connectivity index is 0.000000142. The maximum atomic E-state index is 15.5. The van der Waals surface area contributed by atoms with Gasteiger partial charge < -0.3 is 46.0 Å². The lowest BCUT2D eigenvalue weighted by molar-refractivity contribution is -0.223. The minimum Gasteiger partial charge on any atom is -0.481 e. The van der Waals surface area contributed by atoms with Crippen molar-refractivity contribution in [3.05, 3.63) is 0 Å². The van der Waals surface area contributed by atoms with Gasteiger partial charge in [-0.05, 0) is 287 Å². The highest BCUT2D eigenvalue weighted by Crippen LogP contribution is 2.72. The van der Waals surface area contributed by atoms with Crippen LogP contribution in [-0.2, 0) is 14.4 Å². The van der Waals surface area contributed by atoms with Gasteiger partial charge in [0, 0.05) is 25.2 Å². The van der Waals surface area contributed by atoms with Gasteiger partial charge in [-0.25, -0.2) is 4.39 Å². The molecule has 85 heavy (non-hydrogen) atoms. The fourth-order valence-electron chi connectivity index (χ4n) is 26.3. The summed E-state index contributed by atoms with van der Waals surface area (Å²) in [5.41, 5.74) is 0.816. The molecule has 12 saturated carbocycles. The van der Waals surface area contributed by atoms with E-state index in [0.717, 1.165) is 102 Å². The van der Waals surface area contributed by atoms with Gasteiger partial charge in [-0.1, -0.05) is 75.2 Å². The van der Waals surface area contributed by atoms with E-state index in [1.54, 1.807) is 0 Å². The van der Waals surface area contributed by atoms with Gasteiger partial charge >= 0.3 is 17.9 Å². The van der Waals surface area contributed by atoms with Crippen LogP contribution in [-0.4, -0.2) is 107 Å². The molecule has 0 aromatic rings. The number of aliphatic carboxylic acids is 3. The molecule has 0 bridgehead atoms. The number of carboxylic acid groups (broad SMARTS) is 3. The molecule has 0 spiro atoms. The summed E-state index contributed by atoms with van der Waals surface area (Å²) < 4.78 is 15.5. The van der Waals surface area contributed by atoms with E-state index in [9.17, 15) is 45.0 Å². The summed E-state index contributed by atoms with van der Waals surface area (Å²) in [7, 11) is 0. The molecule has 0 heterocycles. The molecule has 9 N–H and O–H groups in total. The Morgan fingerprint density at radius 2 is 0.753 bits per heavy atom. The van der Waals surface area contributed by atoms with E-state index in [0.29, 0.717) is 113 Å². The second kappa shape index (κ2) is 25.0. The lowest BCUT2D eigenvalue weighted by atomic mass is 9.43. The normalized spacial score (nSPS) is 52.1. The van der Waals surface area contributed by atoms with Crippen molar-refractivity contribution in [3.8, 4) is 0 Å². The summed E-state index contributed by atoms with van der Waals surface area (Å²) in [6.07, 6.45) is 23.0. The van der Waals surface area contributed by atoms with Gasteiger partial charge in [0.15, 0.2) is 0 Å². The molecule has 12 nitrogen and oxygen atoms in total. The predicted octanol–water partition coefficient (Wildman–Crippen LogP) is 13.4. The molecular weight excluding hydrogens is 1080 g/mol. The number of alkyl halides is 1. The summed E-state index contributed by atoms with van der Waals surface area (Å²) in [6, 6.07) is 0. The van der Waals surface area contributed by atoms with E-state index in [4.69, 9.17) is 15.3 Å². The lowest BCUT2D eigenvalue weighted by Crippen LogP contribution is -2.64. The van der Waals surface area contributed by atoms with Gasteiger partial charge in [0.05, 0.1) is 36.6 Å². The van der Waals surface area contributed by atoms with E-state index in [2.05, 4.69) is 62.3 Å². The highest BCUT2D eigenvalue weighted by molar-refractivity contribution is 5.67. The van der Waals surface area contributed by atoms with Gasteiger partial charge in [0.25, 0.3) is 0 Å². The Morgan fingerprint density at radius 3 is 1.19 bits per heavy atom. The molecule has 13 heteroatoms. The van der Waals surface area contributed by atoms with Crippen LogP contribution in [0.15, 0.2) is 0 Å². The smallest absolute Gasteiger partial charge is 0.303 e. The molecule has 12 fully saturated rings. The van der Waals surface area contributed by atoms with Crippen LogP contribution in [0.25, 0.3) is 0 Å². The van der Waals surface area contributed by atoms with E-state index in [-0.39, 0.29) is 70.4 Å². The van der Waals surface area contributed by atoms with Crippen molar-refractivity contribution < 1.29 is 64.7 Å². The van der Waals surface area contributed by atoms with Crippen molar-refractivity contribution in [2.24, 2.45) is 139 Å². The Morgan fingerprint density at radius 1 is 0.388 bits per heavy atom. The molecule has 12 rings (SSSR count). The first kappa shape index (κ1) is 66.0. The van der Waals surface area contributed by atoms with Crippen LogP contribution in [0.2, 0.25) is 0 Å². The fourth-order valence-corrected chi connectivity index (χ4v) is 26.3. The molecule has 12 aliphatic carbocycles. The zero-order valence-corrected chi connectivity index (χ0v) is 54.1. The van der Waals surface area contributed by atoms with Gasteiger partial charge in [0.2, 0.25) is 0 Å². The quantitative estimate of drug-likeness (QED) is 0.0888. The summed E-state index contributed by atoms with van der Waals surface area (Å²) in [4.78, 5) is 33.2. The second-order valence-electron chi connectivity index (χ2n) is 34.0. The molecule has 0 radical (unpaired) electrons. The number of aliphatic hydroxyl groups excluding tert-OH is 6. The third-order valence-electron chi connectivity index (χ3n) is 30.7. The summed E-state index contributed by atoms with van der Waals surface area (Å²) in [6.45, 7) is 21.0. The van der Waals surface area contributed by atoms with Crippen LogP contribution in [0.3, 0.4) is 0 Å². The van der Waals surface area contributed by atoms with Crippen molar-refractivity contribution in [3.63, 3.8) is 0 Å². The van der Waals surface area contributed by atoms with E-state index >= 15 is 4.39 Å². The van der Waals surface area contributed by atoms with Crippen molar-refractivity contribution in [2.45, 2.75) is 291 Å². The van der Waals surface area contributed by atoms with Crippen LogP contribution < -0.4 is 0 Å². The summed E-state index contributed by atoms with van der Waals surface area (Å²) in [5.74, 6) is 4.54. The summed E-state index contributed by atoms with van der Waals surface area (Å²) in [5, 5.41) is 92.4. The fraction of sp³-hybridized carbons (Fsp3) is 0.958. The molecule has 9 unspecified atom stereocenters. The molecule has 0 aromatic carbocycles. The first-order valence-electron chi connectivity index (χ1n) is 35.3. The average molecular weight is 1200 g/mol. The molecule has 0 aromatic heterocycles. The zero-order chi connectivity index (χ0) is 61.7. The number of rotatable bonds is 12. The van der Waals surface area contributed by atoms with Crippen LogP contribution in [0.1, 0.15) is 249 Å². The predicted molar refractivity (Wildman–Crippen MR) is 326 cm³/mol. The second-order valence-corrected chi connectivity index (χ2v) is 34.0.